The molecule has 0 fully saturated rings. The third-order valence-corrected chi connectivity index (χ3v) is 0.301. The van der Waals surface area contributed by atoms with Crippen LogP contribution in [0.4, 0.5) is 0 Å². The number of rotatable bonds is 1. The van der Waals surface area contributed by atoms with Gasteiger partial charge < -0.3 is 9.90 Å². The molecule has 0 saturated heterocycles. The van der Waals surface area contributed by atoms with Gasteiger partial charge in [0.15, 0.2) is 0 Å². The third-order valence-electron chi connectivity index (χ3n) is 0.301. The van der Waals surface area contributed by atoms with Crippen molar-refractivity contribution in [2.24, 2.45) is 0 Å². The van der Waals surface area contributed by atoms with Crippen LogP contribution in [0.5, 0.6) is 0 Å². The smallest absolute Gasteiger partial charge is 0.542 e. The van der Waals surface area contributed by atoms with Gasteiger partial charge in [-0.25, -0.2) is 4.79 Å². The molecule has 0 heterocycles. The zero-order chi connectivity index (χ0) is 7.86. The Hall–Kier alpha value is 0.446. The Balaban J connectivity index is -0.000000107. The maximum atomic E-state index is 9.54. The number of carbonyl (C=O) groups excluding carboxylic acids is 2. The summed E-state index contributed by atoms with van der Waals surface area (Å²) in [6.07, 6.45) is 1.50. The van der Waals surface area contributed by atoms with Crippen molar-refractivity contribution in [3.8, 4) is 0 Å². The van der Waals surface area contributed by atoms with Gasteiger partial charge in [0, 0.05) is 6.92 Å². The van der Waals surface area contributed by atoms with Gasteiger partial charge in [-0.1, -0.05) is 0 Å². The number of carboxylic acid groups (broad SMARTS) is 1. The van der Waals surface area contributed by atoms with E-state index in [9.17, 15) is 9.59 Å². The van der Waals surface area contributed by atoms with Crippen molar-refractivity contribution in [1.29, 1.82) is 0 Å². The average Bonchev–Trinajstić information content (AvgIpc) is 1.68. The first-order valence-corrected chi connectivity index (χ1v) is 2.09. The molecule has 0 aliphatic rings. The number of hydrogen-bond acceptors (Lipinski definition) is 3. The van der Waals surface area contributed by atoms with Crippen LogP contribution in [0, 0.1) is 0 Å². The van der Waals surface area contributed by atoms with E-state index in [0.29, 0.717) is 0 Å². The predicted octanol–water partition coefficient (Wildman–Crippen LogP) is -3.22. The van der Waals surface area contributed by atoms with Gasteiger partial charge in [-0.2, -0.15) is 6.92 Å². The maximum Gasteiger partial charge on any atom is 1.00 e. The summed E-state index contributed by atoms with van der Waals surface area (Å²) in [5.41, 5.74) is 0. The maximum absolute atomic E-state index is 9.54. The van der Waals surface area contributed by atoms with Gasteiger partial charge >= 0.3 is 57.4 Å². The molecule has 0 aliphatic heterocycles. The molecule has 0 bridgehead atoms. The Morgan fingerprint density at radius 2 is 1.50 bits per heavy atom. The van der Waals surface area contributed by atoms with Crippen LogP contribution in [-0.2, 0) is 14.4 Å². The van der Waals surface area contributed by atoms with Crippen LogP contribution in [0.15, 0.2) is 0 Å². The summed E-state index contributed by atoms with van der Waals surface area (Å²) in [6, 6.07) is 0. The van der Waals surface area contributed by atoms with E-state index in [4.69, 9.17) is 9.90 Å². The predicted molar refractivity (Wildman–Crippen MR) is 29.7 cm³/mol. The van der Waals surface area contributed by atoms with E-state index in [1.165, 1.54) is 13.2 Å². The molecule has 10 heavy (non-hydrogen) atoms. The first kappa shape index (κ1) is 16.8. The van der Waals surface area contributed by atoms with E-state index in [-0.39, 0.29) is 51.4 Å². The minimum Gasteiger partial charge on any atom is -0.542 e. The van der Waals surface area contributed by atoms with E-state index in [2.05, 4.69) is 0 Å². The third kappa shape index (κ3) is 23.7. The molecule has 0 amide bonds. The molecule has 4 nitrogen and oxygen atoms in total. The molecule has 52 valence electrons. The van der Waals surface area contributed by atoms with Crippen molar-refractivity contribution in [1.82, 2.24) is 0 Å². The first-order chi connectivity index (χ1) is 4.06. The van der Waals surface area contributed by atoms with Gasteiger partial charge in [-0.15, -0.1) is 0 Å². The minimum atomic E-state index is -1.38. The van der Waals surface area contributed by atoms with E-state index >= 15 is 0 Å². The molecule has 5 heteroatoms. The summed E-state index contributed by atoms with van der Waals surface area (Å²) in [7, 11) is 0. The van der Waals surface area contributed by atoms with Crippen LogP contribution in [0.2, 0.25) is 0 Å². The fraction of sp³-hybridized carbons (Fsp3) is 0.400. The SMILES string of the molecule is CC(=O)C(=O)O.C[C-]=O.[K+]. The molecule has 0 aromatic carbocycles. The fourth-order valence-electron chi connectivity index (χ4n) is 0. The van der Waals surface area contributed by atoms with Crippen LogP contribution in [0.1, 0.15) is 13.8 Å². The second kappa shape index (κ2) is 12.2. The second-order valence-corrected chi connectivity index (χ2v) is 1.07. The van der Waals surface area contributed by atoms with Crippen molar-refractivity contribution in [3.05, 3.63) is 0 Å². The molecular weight excluding hydrogens is 163 g/mol. The monoisotopic (exact) mass is 170 g/mol. The zero-order valence-electron chi connectivity index (χ0n) is 6.17. The van der Waals surface area contributed by atoms with Gasteiger partial charge in [-0.3, -0.25) is 11.1 Å². The summed E-state index contributed by atoms with van der Waals surface area (Å²) < 4.78 is 0. The standard InChI is InChI=1S/C3H4O3.C2H3O.K/c1-2(4)3(5)6;1-2-3;/h1H3,(H,5,6);1H3;/q;-1;+1. The number of aliphatic carboxylic acids is 1. The van der Waals surface area contributed by atoms with Gasteiger partial charge in [0.1, 0.15) is 0 Å². The molecule has 0 aliphatic carbocycles. The normalized spacial score (nSPS) is 5.80. The van der Waals surface area contributed by atoms with E-state index in [1.54, 1.807) is 0 Å². The second-order valence-electron chi connectivity index (χ2n) is 1.07. The molecule has 1 N–H and O–H groups in total. The van der Waals surface area contributed by atoms with Crippen LogP contribution in [-0.4, -0.2) is 23.1 Å². The van der Waals surface area contributed by atoms with Crippen molar-refractivity contribution < 1.29 is 70.9 Å². The van der Waals surface area contributed by atoms with Gasteiger partial charge in [-0.05, 0) is 0 Å². The molecule has 0 aromatic rings. The largest absolute Gasteiger partial charge is 1.00 e. The fourth-order valence-corrected chi connectivity index (χ4v) is 0. The van der Waals surface area contributed by atoms with Crippen LogP contribution >= 0.6 is 0 Å². The zero-order valence-corrected chi connectivity index (χ0v) is 9.30. The number of carboxylic acids is 1. The van der Waals surface area contributed by atoms with E-state index in [0.717, 1.165) is 6.92 Å². The number of ketones is 1. The average molecular weight is 170 g/mol. The molecule has 0 rings (SSSR count). The number of carbonyl (C=O) groups is 2. The Labute approximate surface area is 101 Å². The summed E-state index contributed by atoms with van der Waals surface area (Å²) >= 11 is 0. The Morgan fingerprint density at radius 3 is 1.50 bits per heavy atom. The number of hydrogen-bond donors (Lipinski definition) is 1. The molecular formula is C5H7KO4. The van der Waals surface area contributed by atoms with Crippen LogP contribution in [0.3, 0.4) is 0 Å². The molecule has 0 aromatic heterocycles. The summed E-state index contributed by atoms with van der Waals surface area (Å²) in [5.74, 6) is -2.20. The van der Waals surface area contributed by atoms with Crippen LogP contribution in [0.25, 0.3) is 0 Å². The molecule has 0 saturated carbocycles. The molecule has 0 radical (unpaired) electrons. The van der Waals surface area contributed by atoms with Crippen molar-refractivity contribution in [2.45, 2.75) is 13.8 Å². The van der Waals surface area contributed by atoms with E-state index in [1.807, 2.05) is 0 Å². The summed E-state index contributed by atoms with van der Waals surface area (Å²) in [5, 5.41) is 7.64. The van der Waals surface area contributed by atoms with Crippen molar-refractivity contribution in [3.63, 3.8) is 0 Å². The minimum absolute atomic E-state index is 0. The van der Waals surface area contributed by atoms with Crippen molar-refractivity contribution >= 4 is 18.0 Å². The summed E-state index contributed by atoms with van der Waals surface area (Å²) in [6.45, 7) is 2.32. The molecule has 0 unspecified atom stereocenters. The first-order valence-electron chi connectivity index (χ1n) is 2.09. The quantitative estimate of drug-likeness (QED) is 0.255. The van der Waals surface area contributed by atoms with Gasteiger partial charge in [0.2, 0.25) is 5.78 Å². The van der Waals surface area contributed by atoms with Gasteiger partial charge in [0.05, 0.1) is 0 Å². The summed E-state index contributed by atoms with van der Waals surface area (Å²) in [4.78, 5) is 27.6. The Bertz CT molecular complexity index is 109. The van der Waals surface area contributed by atoms with Crippen molar-refractivity contribution in [2.75, 3.05) is 0 Å². The topological polar surface area (TPSA) is 71.4 Å². The number of Topliss-reactive ketones (excluding diaryl/α,β-unsaturated/α-hetero) is 1. The molecule has 0 spiro atoms. The van der Waals surface area contributed by atoms with E-state index < -0.39 is 11.8 Å². The van der Waals surface area contributed by atoms with Crippen LogP contribution < -0.4 is 51.4 Å². The Kier molecular flexibility index (Phi) is 20.4. The van der Waals surface area contributed by atoms with Gasteiger partial charge in [0.25, 0.3) is 0 Å². The molecule has 0 atom stereocenters. The Morgan fingerprint density at radius 1 is 1.40 bits per heavy atom.